The zero-order chi connectivity index (χ0) is 29.4. The lowest BCUT2D eigenvalue weighted by molar-refractivity contribution is -0.0509. The summed E-state index contributed by atoms with van der Waals surface area (Å²) in [5.74, 6) is -2.71. The molecular formula is C31H40O8. The molecule has 1 aliphatic carbocycles. The Kier molecular flexibility index (Phi) is 8.53. The maximum absolute atomic E-state index is 13.8. The van der Waals surface area contributed by atoms with Crippen molar-refractivity contribution in [1.29, 1.82) is 0 Å². The number of carbonyl (C=O) groups is 2. The predicted octanol–water partition coefficient (Wildman–Crippen LogP) is 5.63. The second-order valence-corrected chi connectivity index (χ2v) is 11.5. The molecule has 0 aliphatic heterocycles. The van der Waals surface area contributed by atoms with Crippen LogP contribution in [0.2, 0.25) is 0 Å². The van der Waals surface area contributed by atoms with E-state index in [1.165, 1.54) is 20.1 Å². The molecule has 0 aromatic heterocycles. The standard InChI is InChI=1S/C31H40O8/c1-16(11-12-20(33)30(4,5)38)9-8-10-17(2)13-14-31(6)28(36)22-19(32)15-18(3)21-23(22)24(29(31)37)26(35)27(39-7)25(21)34/h9,13,15,20,32-35,38H,8,10-12,14H2,1-7H3/b16-9+,17-13+. The molecule has 0 saturated carbocycles. The Balaban J connectivity index is 1.87. The van der Waals surface area contributed by atoms with Gasteiger partial charge in [-0.25, -0.2) is 0 Å². The van der Waals surface area contributed by atoms with Crippen LogP contribution in [0.15, 0.2) is 29.4 Å². The monoisotopic (exact) mass is 540 g/mol. The number of benzene rings is 2. The van der Waals surface area contributed by atoms with Crippen LogP contribution >= 0.6 is 0 Å². The van der Waals surface area contributed by atoms with E-state index in [9.17, 15) is 35.1 Å². The number of aromatic hydroxyl groups is 3. The fourth-order valence-electron chi connectivity index (χ4n) is 5.14. The van der Waals surface area contributed by atoms with Crippen LogP contribution in [0.1, 0.15) is 93.0 Å². The van der Waals surface area contributed by atoms with Gasteiger partial charge in [0, 0.05) is 10.8 Å². The number of aryl methyl sites for hydroxylation is 1. The van der Waals surface area contributed by atoms with Gasteiger partial charge in [-0.05, 0) is 85.3 Å². The van der Waals surface area contributed by atoms with Crippen LogP contribution in [-0.2, 0) is 0 Å². The highest BCUT2D eigenvalue weighted by Crippen LogP contribution is 2.54. The third-order valence-corrected chi connectivity index (χ3v) is 7.84. The van der Waals surface area contributed by atoms with Crippen molar-refractivity contribution < 1.29 is 39.9 Å². The van der Waals surface area contributed by atoms with Gasteiger partial charge in [-0.2, -0.15) is 0 Å². The van der Waals surface area contributed by atoms with Crippen molar-refractivity contribution in [3.8, 4) is 23.0 Å². The molecule has 2 atom stereocenters. The Bertz CT molecular complexity index is 1380. The van der Waals surface area contributed by atoms with Crippen LogP contribution in [0.5, 0.6) is 23.0 Å². The SMILES string of the molecule is COc1c(O)c2c3c(c(O)cc(C)c3c1O)C(=O)C(C)(C/C=C(\C)CC/C=C(\C)CCC(O)C(C)(C)O)C2=O. The highest BCUT2D eigenvalue weighted by Gasteiger charge is 2.49. The fraction of sp³-hybridized carbons (Fsp3) is 0.484. The summed E-state index contributed by atoms with van der Waals surface area (Å²) >= 11 is 0. The summed E-state index contributed by atoms with van der Waals surface area (Å²) in [6.45, 7) is 10.2. The first kappa shape index (κ1) is 30.2. The smallest absolute Gasteiger partial charge is 0.204 e. The fourth-order valence-corrected chi connectivity index (χ4v) is 5.14. The molecule has 0 bridgehead atoms. The van der Waals surface area contributed by atoms with E-state index < -0.39 is 40.2 Å². The van der Waals surface area contributed by atoms with Crippen molar-refractivity contribution in [1.82, 2.24) is 0 Å². The number of allylic oxidation sites excluding steroid dienone is 4. The van der Waals surface area contributed by atoms with E-state index in [1.807, 2.05) is 19.9 Å². The van der Waals surface area contributed by atoms with Gasteiger partial charge in [0.2, 0.25) is 5.75 Å². The van der Waals surface area contributed by atoms with Crippen molar-refractivity contribution in [3.05, 3.63) is 46.1 Å². The number of hydrogen-bond donors (Lipinski definition) is 5. The third kappa shape index (κ3) is 5.54. The topological polar surface area (TPSA) is 145 Å². The molecule has 0 spiro atoms. The molecule has 2 unspecified atom stereocenters. The van der Waals surface area contributed by atoms with Crippen LogP contribution in [0.25, 0.3) is 10.8 Å². The Morgan fingerprint density at radius 2 is 1.59 bits per heavy atom. The van der Waals surface area contributed by atoms with Crippen molar-refractivity contribution in [2.75, 3.05) is 7.11 Å². The van der Waals surface area contributed by atoms with Gasteiger partial charge in [-0.1, -0.05) is 23.3 Å². The molecule has 1 aliphatic rings. The summed E-state index contributed by atoms with van der Waals surface area (Å²) in [6.07, 6.45) is 5.69. The summed E-state index contributed by atoms with van der Waals surface area (Å²) in [5.41, 5.74) is -0.471. The first-order valence-electron chi connectivity index (χ1n) is 13.2. The van der Waals surface area contributed by atoms with Crippen molar-refractivity contribution in [2.45, 2.75) is 85.4 Å². The lowest BCUT2D eigenvalue weighted by Gasteiger charge is -2.33. The van der Waals surface area contributed by atoms with Gasteiger partial charge in [-0.15, -0.1) is 0 Å². The number of aliphatic hydroxyl groups excluding tert-OH is 1. The van der Waals surface area contributed by atoms with Gasteiger partial charge in [0.25, 0.3) is 0 Å². The Morgan fingerprint density at radius 1 is 1.00 bits per heavy atom. The largest absolute Gasteiger partial charge is 0.507 e. The minimum absolute atomic E-state index is 0.0341. The number of ketones is 2. The van der Waals surface area contributed by atoms with Crippen LogP contribution in [0.4, 0.5) is 0 Å². The quantitative estimate of drug-likeness (QED) is 0.192. The average Bonchev–Trinajstić information content (AvgIpc) is 2.84. The number of aliphatic hydroxyl groups is 2. The molecule has 0 amide bonds. The zero-order valence-electron chi connectivity index (χ0n) is 23.8. The first-order valence-corrected chi connectivity index (χ1v) is 13.2. The molecule has 0 radical (unpaired) electrons. The van der Waals surface area contributed by atoms with E-state index in [2.05, 4.69) is 6.08 Å². The third-order valence-electron chi connectivity index (χ3n) is 7.84. The lowest BCUT2D eigenvalue weighted by Crippen LogP contribution is -2.40. The summed E-state index contributed by atoms with van der Waals surface area (Å²) in [5, 5.41) is 52.5. The van der Waals surface area contributed by atoms with Gasteiger partial charge < -0.3 is 30.3 Å². The second-order valence-electron chi connectivity index (χ2n) is 11.5. The molecule has 8 heteroatoms. The van der Waals surface area contributed by atoms with E-state index in [1.54, 1.807) is 20.8 Å². The number of Topliss-reactive ketones (excluding diaryl/α,β-unsaturated/α-hetero) is 2. The van der Waals surface area contributed by atoms with Crippen LogP contribution in [0, 0.1) is 12.3 Å². The molecule has 8 nitrogen and oxygen atoms in total. The van der Waals surface area contributed by atoms with E-state index in [0.29, 0.717) is 24.8 Å². The molecule has 5 N–H and O–H groups in total. The molecule has 212 valence electrons. The van der Waals surface area contributed by atoms with Crippen molar-refractivity contribution in [3.63, 3.8) is 0 Å². The molecule has 0 saturated heterocycles. The van der Waals surface area contributed by atoms with E-state index in [4.69, 9.17) is 4.74 Å². The van der Waals surface area contributed by atoms with Crippen molar-refractivity contribution >= 4 is 22.3 Å². The maximum atomic E-state index is 13.8. The molecule has 0 fully saturated rings. The molecule has 3 rings (SSSR count). The number of carbonyl (C=O) groups excluding carboxylic acids is 2. The lowest BCUT2D eigenvalue weighted by atomic mass is 9.67. The Hall–Kier alpha value is -3.36. The molecular weight excluding hydrogens is 500 g/mol. The number of phenols is 3. The van der Waals surface area contributed by atoms with Crippen LogP contribution < -0.4 is 4.74 Å². The average molecular weight is 541 g/mol. The normalized spacial score (nSPS) is 19.1. The zero-order valence-corrected chi connectivity index (χ0v) is 23.8. The minimum atomic E-state index is -1.58. The summed E-state index contributed by atoms with van der Waals surface area (Å²) in [7, 11) is 1.26. The molecule has 39 heavy (non-hydrogen) atoms. The maximum Gasteiger partial charge on any atom is 0.204 e. The highest BCUT2D eigenvalue weighted by atomic mass is 16.5. The van der Waals surface area contributed by atoms with E-state index >= 15 is 0 Å². The van der Waals surface area contributed by atoms with Crippen LogP contribution in [-0.4, -0.2) is 55.9 Å². The molecule has 0 heterocycles. The summed E-state index contributed by atoms with van der Waals surface area (Å²) in [4.78, 5) is 27.5. The highest BCUT2D eigenvalue weighted by molar-refractivity contribution is 6.34. The van der Waals surface area contributed by atoms with Crippen LogP contribution in [0.3, 0.4) is 0 Å². The van der Waals surface area contributed by atoms with Gasteiger partial charge in [-0.3, -0.25) is 9.59 Å². The number of rotatable bonds is 10. The minimum Gasteiger partial charge on any atom is -0.507 e. The van der Waals surface area contributed by atoms with Gasteiger partial charge in [0.15, 0.2) is 23.1 Å². The van der Waals surface area contributed by atoms with Gasteiger partial charge >= 0.3 is 0 Å². The Labute approximate surface area is 229 Å². The Morgan fingerprint density at radius 3 is 2.18 bits per heavy atom. The van der Waals surface area contributed by atoms with Gasteiger partial charge in [0.1, 0.15) is 5.75 Å². The summed E-state index contributed by atoms with van der Waals surface area (Å²) in [6, 6.07) is 1.36. The predicted molar refractivity (Wildman–Crippen MR) is 150 cm³/mol. The number of methoxy groups -OCH3 is 1. The number of phenolic OH excluding ortho intramolecular Hbond substituents is 3. The molecule has 2 aromatic rings. The van der Waals surface area contributed by atoms with E-state index in [-0.39, 0.29) is 39.8 Å². The first-order chi connectivity index (χ1) is 18.1. The summed E-state index contributed by atoms with van der Waals surface area (Å²) < 4.78 is 5.18. The molecule has 2 aromatic carbocycles. The second kappa shape index (κ2) is 11.0. The van der Waals surface area contributed by atoms with Crippen molar-refractivity contribution in [2.24, 2.45) is 5.41 Å². The van der Waals surface area contributed by atoms with E-state index in [0.717, 1.165) is 17.6 Å². The number of ether oxygens (including phenoxy) is 1. The number of hydrogen-bond acceptors (Lipinski definition) is 8. The van der Waals surface area contributed by atoms with Gasteiger partial charge in [0.05, 0.1) is 35.4 Å².